The maximum Gasteiger partial charge on any atom is 0.247 e. The molecule has 0 bridgehead atoms. The number of hydrogen-bond acceptors (Lipinski definition) is 6. The topological polar surface area (TPSA) is 57.2 Å². The summed E-state index contributed by atoms with van der Waals surface area (Å²) in [6, 6.07) is 12.9. The number of rotatable bonds is 5. The van der Waals surface area contributed by atoms with Crippen molar-refractivity contribution >= 4 is 17.5 Å². The molecule has 0 atom stereocenters. The summed E-state index contributed by atoms with van der Waals surface area (Å²) >= 11 is 0. The molecule has 144 valence electrons. The number of piperazine rings is 1. The number of halogens is 2. The van der Waals surface area contributed by atoms with E-state index in [1.54, 1.807) is 30.5 Å². The van der Waals surface area contributed by atoms with Gasteiger partial charge in [-0.1, -0.05) is 12.1 Å². The second-order valence-electron chi connectivity index (χ2n) is 6.57. The molecule has 6 nitrogen and oxygen atoms in total. The fourth-order valence-electron chi connectivity index (χ4n) is 3.12. The van der Waals surface area contributed by atoms with Crippen LogP contribution in [0.15, 0.2) is 54.7 Å². The zero-order chi connectivity index (χ0) is 19.3. The monoisotopic (exact) mass is 382 g/mol. The van der Waals surface area contributed by atoms with Gasteiger partial charge in [0, 0.05) is 38.4 Å². The maximum atomic E-state index is 13.1. The lowest BCUT2D eigenvalue weighted by Crippen LogP contribution is -2.47. The van der Waals surface area contributed by atoms with Gasteiger partial charge >= 0.3 is 0 Å². The van der Waals surface area contributed by atoms with Gasteiger partial charge in [0.1, 0.15) is 11.6 Å². The Bertz CT molecular complexity index is 909. The summed E-state index contributed by atoms with van der Waals surface area (Å²) in [6.45, 7) is 3.61. The first-order valence-corrected chi connectivity index (χ1v) is 9.11. The van der Waals surface area contributed by atoms with E-state index in [9.17, 15) is 8.78 Å². The predicted molar refractivity (Wildman–Crippen MR) is 104 cm³/mol. The van der Waals surface area contributed by atoms with Crippen LogP contribution in [0.5, 0.6) is 0 Å². The molecule has 0 amide bonds. The minimum Gasteiger partial charge on any atom is -0.368 e. The van der Waals surface area contributed by atoms with Gasteiger partial charge in [0.15, 0.2) is 5.82 Å². The molecule has 1 saturated heterocycles. The number of benzene rings is 2. The molecule has 1 aromatic heterocycles. The average Bonchev–Trinajstić information content (AvgIpc) is 2.74. The summed E-state index contributed by atoms with van der Waals surface area (Å²) in [5.74, 6) is 0.708. The van der Waals surface area contributed by atoms with Gasteiger partial charge in [-0.15, -0.1) is 5.10 Å². The van der Waals surface area contributed by atoms with Crippen molar-refractivity contribution in [3.05, 3.63) is 71.9 Å². The molecule has 2 heterocycles. The van der Waals surface area contributed by atoms with Crippen LogP contribution in [-0.2, 0) is 6.54 Å². The smallest absolute Gasteiger partial charge is 0.247 e. The Morgan fingerprint density at radius 2 is 1.43 bits per heavy atom. The SMILES string of the molecule is Fc1ccc(CNc2cnnc(N3CCN(c4ccc(F)cc4)CC3)n2)cc1. The van der Waals surface area contributed by atoms with E-state index >= 15 is 0 Å². The van der Waals surface area contributed by atoms with Crippen LogP contribution in [0.2, 0.25) is 0 Å². The summed E-state index contributed by atoms with van der Waals surface area (Å²) in [5, 5.41) is 11.4. The van der Waals surface area contributed by atoms with Gasteiger partial charge in [-0.25, -0.2) is 8.78 Å². The Kier molecular flexibility index (Phi) is 5.27. The molecular formula is C20H20F2N6. The van der Waals surface area contributed by atoms with Crippen LogP contribution >= 0.6 is 0 Å². The van der Waals surface area contributed by atoms with E-state index in [4.69, 9.17) is 0 Å². The van der Waals surface area contributed by atoms with E-state index in [0.29, 0.717) is 18.3 Å². The van der Waals surface area contributed by atoms with E-state index in [-0.39, 0.29) is 11.6 Å². The molecule has 0 spiro atoms. The summed E-state index contributed by atoms with van der Waals surface area (Å²) in [6.07, 6.45) is 1.57. The third kappa shape index (κ3) is 4.33. The molecule has 0 radical (unpaired) electrons. The van der Waals surface area contributed by atoms with Gasteiger partial charge in [-0.2, -0.15) is 10.1 Å². The van der Waals surface area contributed by atoms with Gasteiger partial charge in [-0.3, -0.25) is 0 Å². The highest BCUT2D eigenvalue weighted by molar-refractivity contribution is 5.49. The van der Waals surface area contributed by atoms with Crippen LogP contribution in [0.3, 0.4) is 0 Å². The standard InChI is InChI=1S/C20H20F2N6/c21-16-3-1-15(2-4-16)13-23-19-14-24-26-20(25-19)28-11-9-27(10-12-28)18-7-5-17(22)6-8-18/h1-8,14H,9-13H2,(H,23,25,26). The molecule has 1 aliphatic heterocycles. The van der Waals surface area contributed by atoms with E-state index in [1.807, 2.05) is 0 Å². The van der Waals surface area contributed by atoms with E-state index in [1.165, 1.54) is 24.3 Å². The molecular weight excluding hydrogens is 362 g/mol. The lowest BCUT2D eigenvalue weighted by molar-refractivity contribution is 0.622. The first kappa shape index (κ1) is 18.1. The highest BCUT2D eigenvalue weighted by Crippen LogP contribution is 2.19. The van der Waals surface area contributed by atoms with Crippen molar-refractivity contribution in [3.63, 3.8) is 0 Å². The van der Waals surface area contributed by atoms with E-state index in [2.05, 4.69) is 30.3 Å². The fraction of sp³-hybridized carbons (Fsp3) is 0.250. The minimum atomic E-state index is -0.255. The molecule has 0 aliphatic carbocycles. The van der Waals surface area contributed by atoms with Crippen LogP contribution in [0, 0.1) is 11.6 Å². The predicted octanol–water partition coefficient (Wildman–Crippen LogP) is 3.09. The van der Waals surface area contributed by atoms with Gasteiger partial charge in [0.05, 0.1) is 6.20 Å². The largest absolute Gasteiger partial charge is 0.368 e. The number of nitrogens with one attached hydrogen (secondary N) is 1. The Balaban J connectivity index is 1.35. The molecule has 2 aromatic carbocycles. The van der Waals surface area contributed by atoms with Crippen molar-refractivity contribution < 1.29 is 8.78 Å². The van der Waals surface area contributed by atoms with Crippen molar-refractivity contribution in [1.82, 2.24) is 15.2 Å². The number of hydrogen-bond donors (Lipinski definition) is 1. The molecule has 1 fully saturated rings. The third-order valence-electron chi connectivity index (χ3n) is 4.69. The molecule has 28 heavy (non-hydrogen) atoms. The van der Waals surface area contributed by atoms with Crippen molar-refractivity contribution in [2.75, 3.05) is 41.3 Å². The van der Waals surface area contributed by atoms with Gasteiger partial charge in [0.2, 0.25) is 5.95 Å². The van der Waals surface area contributed by atoms with Crippen molar-refractivity contribution in [2.45, 2.75) is 6.54 Å². The Labute approximate surface area is 161 Å². The summed E-state index contributed by atoms with van der Waals surface area (Å²) in [7, 11) is 0. The first-order chi connectivity index (χ1) is 13.7. The van der Waals surface area contributed by atoms with Gasteiger partial charge < -0.3 is 15.1 Å². The van der Waals surface area contributed by atoms with Gasteiger partial charge in [-0.05, 0) is 42.0 Å². The molecule has 1 N–H and O–H groups in total. The second kappa shape index (κ2) is 8.16. The van der Waals surface area contributed by atoms with E-state index < -0.39 is 0 Å². The normalized spacial score (nSPS) is 14.2. The number of anilines is 3. The second-order valence-corrected chi connectivity index (χ2v) is 6.57. The minimum absolute atomic E-state index is 0.230. The number of nitrogens with zero attached hydrogens (tertiary/aromatic N) is 5. The summed E-state index contributed by atoms with van der Waals surface area (Å²) < 4.78 is 26.1. The lowest BCUT2D eigenvalue weighted by atomic mass is 10.2. The summed E-state index contributed by atoms with van der Waals surface area (Å²) in [4.78, 5) is 8.83. The van der Waals surface area contributed by atoms with Crippen molar-refractivity contribution in [3.8, 4) is 0 Å². The van der Waals surface area contributed by atoms with Crippen LogP contribution in [0.25, 0.3) is 0 Å². The van der Waals surface area contributed by atoms with Crippen LogP contribution in [-0.4, -0.2) is 41.4 Å². The molecule has 4 rings (SSSR count). The lowest BCUT2D eigenvalue weighted by Gasteiger charge is -2.35. The molecule has 1 aliphatic rings. The third-order valence-corrected chi connectivity index (χ3v) is 4.69. The van der Waals surface area contributed by atoms with E-state index in [0.717, 1.165) is 37.4 Å². The van der Waals surface area contributed by atoms with Gasteiger partial charge in [0.25, 0.3) is 0 Å². The van der Waals surface area contributed by atoms with Crippen LogP contribution < -0.4 is 15.1 Å². The zero-order valence-electron chi connectivity index (χ0n) is 15.2. The number of aromatic nitrogens is 3. The Morgan fingerprint density at radius 3 is 2.11 bits per heavy atom. The summed E-state index contributed by atoms with van der Waals surface area (Å²) in [5.41, 5.74) is 1.96. The van der Waals surface area contributed by atoms with Crippen LogP contribution in [0.1, 0.15) is 5.56 Å². The molecule has 0 unspecified atom stereocenters. The maximum absolute atomic E-state index is 13.1. The Morgan fingerprint density at radius 1 is 0.821 bits per heavy atom. The highest BCUT2D eigenvalue weighted by atomic mass is 19.1. The average molecular weight is 382 g/mol. The fourth-order valence-corrected chi connectivity index (χ4v) is 3.12. The van der Waals surface area contributed by atoms with Crippen molar-refractivity contribution in [2.24, 2.45) is 0 Å². The first-order valence-electron chi connectivity index (χ1n) is 9.11. The highest BCUT2D eigenvalue weighted by Gasteiger charge is 2.20. The molecule has 0 saturated carbocycles. The van der Waals surface area contributed by atoms with Crippen molar-refractivity contribution in [1.29, 1.82) is 0 Å². The van der Waals surface area contributed by atoms with Crippen LogP contribution in [0.4, 0.5) is 26.2 Å². The zero-order valence-corrected chi connectivity index (χ0v) is 15.2. The quantitative estimate of drug-likeness (QED) is 0.732. The molecule has 8 heteroatoms. The Hall–Kier alpha value is -3.29. The molecule has 3 aromatic rings.